The molecule has 0 fully saturated rings. The molecule has 2 N–H and O–H groups in total. The highest BCUT2D eigenvalue weighted by Crippen LogP contribution is 2.23. The van der Waals surface area contributed by atoms with Crippen LogP contribution in [0.2, 0.25) is 0 Å². The third kappa shape index (κ3) is 2.04. The molecule has 2 rings (SSSR count). The van der Waals surface area contributed by atoms with Crippen LogP contribution in [0.4, 0.5) is 5.69 Å². The van der Waals surface area contributed by atoms with Crippen molar-refractivity contribution >= 4 is 15.9 Å². The maximum Gasteiger partial charge on any atom is 0.301 e. The lowest BCUT2D eigenvalue weighted by molar-refractivity contribution is 0.581. The molecule has 0 spiro atoms. The van der Waals surface area contributed by atoms with E-state index in [4.69, 9.17) is 0 Å². The molecule has 0 saturated heterocycles. The molecule has 0 atom stereocenters. The summed E-state index contributed by atoms with van der Waals surface area (Å²) >= 11 is 0. The second kappa shape index (κ2) is 4.40. The Morgan fingerprint density at radius 1 is 1.38 bits per heavy atom. The first kappa shape index (κ1) is 11.4. The van der Waals surface area contributed by atoms with Crippen molar-refractivity contribution < 1.29 is 8.42 Å². The van der Waals surface area contributed by atoms with Gasteiger partial charge in [0.15, 0.2) is 0 Å². The fourth-order valence-electron chi connectivity index (χ4n) is 1.79. The minimum Gasteiger partial charge on any atom is -0.311 e. The van der Waals surface area contributed by atoms with Crippen LogP contribution >= 0.6 is 0 Å². The first-order chi connectivity index (χ1) is 7.65. The van der Waals surface area contributed by atoms with E-state index in [0.717, 1.165) is 11.3 Å². The summed E-state index contributed by atoms with van der Waals surface area (Å²) in [5.74, 6) is 0. The Kier molecular flexibility index (Phi) is 3.13. The van der Waals surface area contributed by atoms with Crippen LogP contribution in [0.15, 0.2) is 24.3 Å². The molecule has 1 heterocycles. The van der Waals surface area contributed by atoms with E-state index >= 15 is 0 Å². The van der Waals surface area contributed by atoms with Crippen molar-refractivity contribution in [2.24, 2.45) is 0 Å². The third-order valence-corrected chi connectivity index (χ3v) is 4.09. The predicted molar refractivity (Wildman–Crippen MR) is 63.5 cm³/mol. The van der Waals surface area contributed by atoms with Gasteiger partial charge in [0.1, 0.15) is 0 Å². The van der Waals surface area contributed by atoms with Crippen LogP contribution in [-0.4, -0.2) is 28.6 Å². The number of nitrogens with one attached hydrogen (secondary N) is 2. The highest BCUT2D eigenvalue weighted by atomic mass is 32.2. The molecule has 0 unspecified atom stereocenters. The van der Waals surface area contributed by atoms with E-state index in [1.54, 1.807) is 0 Å². The first-order valence-electron chi connectivity index (χ1n) is 5.15. The van der Waals surface area contributed by atoms with E-state index in [0.29, 0.717) is 19.6 Å². The average Bonchev–Trinajstić information content (AvgIpc) is 2.51. The Morgan fingerprint density at radius 2 is 2.12 bits per heavy atom. The van der Waals surface area contributed by atoms with Gasteiger partial charge in [0, 0.05) is 26.7 Å². The van der Waals surface area contributed by atoms with E-state index in [2.05, 4.69) is 10.0 Å². The zero-order chi connectivity index (χ0) is 11.6. The molecule has 16 heavy (non-hydrogen) atoms. The summed E-state index contributed by atoms with van der Waals surface area (Å²) in [5, 5.41) is 3.20. The molecule has 0 radical (unpaired) electrons. The van der Waals surface area contributed by atoms with Gasteiger partial charge < -0.3 is 5.32 Å². The normalized spacial score (nSPS) is 16.7. The maximum absolute atomic E-state index is 11.9. The molecule has 1 aromatic rings. The van der Waals surface area contributed by atoms with E-state index in [1.165, 1.54) is 11.4 Å². The van der Waals surface area contributed by atoms with Gasteiger partial charge in [-0.05, 0) is 11.6 Å². The minimum absolute atomic E-state index is 0.445. The molecule has 0 amide bonds. The van der Waals surface area contributed by atoms with Gasteiger partial charge in [0.05, 0.1) is 5.69 Å². The summed E-state index contributed by atoms with van der Waals surface area (Å²) in [7, 11) is -1.99. The van der Waals surface area contributed by atoms with Gasteiger partial charge in [0.2, 0.25) is 0 Å². The largest absolute Gasteiger partial charge is 0.311 e. The van der Waals surface area contributed by atoms with Crippen LogP contribution < -0.4 is 14.3 Å². The number of rotatable bonds is 2. The molecule has 1 aromatic carbocycles. The van der Waals surface area contributed by atoms with Crippen molar-refractivity contribution in [1.82, 2.24) is 10.0 Å². The van der Waals surface area contributed by atoms with Crippen LogP contribution in [0.25, 0.3) is 0 Å². The van der Waals surface area contributed by atoms with Gasteiger partial charge in [-0.15, -0.1) is 0 Å². The van der Waals surface area contributed by atoms with Crippen molar-refractivity contribution in [3.63, 3.8) is 0 Å². The van der Waals surface area contributed by atoms with Gasteiger partial charge in [-0.25, -0.2) is 4.72 Å². The Bertz CT molecular complexity index is 473. The number of hydrogen-bond acceptors (Lipinski definition) is 3. The number of anilines is 1. The summed E-state index contributed by atoms with van der Waals surface area (Å²) < 4.78 is 27.5. The Balaban J connectivity index is 2.48. The molecule has 1 aliphatic heterocycles. The van der Waals surface area contributed by atoms with Crippen molar-refractivity contribution in [1.29, 1.82) is 0 Å². The Hall–Kier alpha value is -1.11. The number of fused-ring (bicyclic) bond motifs is 1. The number of para-hydroxylation sites is 1. The van der Waals surface area contributed by atoms with Gasteiger partial charge in [-0.2, -0.15) is 8.42 Å². The molecule has 5 nitrogen and oxygen atoms in total. The second-order valence-corrected chi connectivity index (χ2v) is 5.39. The zero-order valence-electron chi connectivity index (χ0n) is 9.10. The molecule has 0 aromatic heterocycles. The fourth-order valence-corrected chi connectivity index (χ4v) is 2.78. The lowest BCUT2D eigenvalue weighted by atomic mass is 10.2. The molecule has 1 aliphatic rings. The number of hydrogen-bond donors (Lipinski definition) is 2. The fraction of sp³-hybridized carbons (Fsp3) is 0.400. The summed E-state index contributed by atoms with van der Waals surface area (Å²) in [6.07, 6.45) is 0. The van der Waals surface area contributed by atoms with Gasteiger partial charge in [-0.1, -0.05) is 18.2 Å². The second-order valence-electron chi connectivity index (χ2n) is 3.59. The van der Waals surface area contributed by atoms with Gasteiger partial charge in [-0.3, -0.25) is 4.31 Å². The predicted octanol–water partition coefficient (Wildman–Crippen LogP) is 0.0604. The average molecular weight is 241 g/mol. The highest BCUT2D eigenvalue weighted by molar-refractivity contribution is 7.90. The summed E-state index contributed by atoms with van der Waals surface area (Å²) in [5.41, 5.74) is 1.75. The van der Waals surface area contributed by atoms with Crippen molar-refractivity contribution in [2.75, 3.05) is 24.4 Å². The van der Waals surface area contributed by atoms with Crippen LogP contribution in [0, 0.1) is 0 Å². The van der Waals surface area contributed by atoms with Crippen LogP contribution in [0.5, 0.6) is 0 Å². The summed E-state index contributed by atoms with van der Waals surface area (Å²) in [6, 6.07) is 7.53. The van der Waals surface area contributed by atoms with Gasteiger partial charge >= 0.3 is 10.2 Å². The molecule has 0 aliphatic carbocycles. The van der Waals surface area contributed by atoms with Crippen molar-refractivity contribution in [3.05, 3.63) is 29.8 Å². The van der Waals surface area contributed by atoms with Crippen molar-refractivity contribution in [3.8, 4) is 0 Å². The molecule has 88 valence electrons. The van der Waals surface area contributed by atoms with E-state index < -0.39 is 10.2 Å². The molecule has 6 heteroatoms. The molecule has 0 saturated carbocycles. The van der Waals surface area contributed by atoms with Crippen LogP contribution in [0.3, 0.4) is 0 Å². The van der Waals surface area contributed by atoms with Crippen LogP contribution in [-0.2, 0) is 16.8 Å². The molecular weight excluding hydrogens is 226 g/mol. The Morgan fingerprint density at radius 3 is 2.88 bits per heavy atom. The maximum atomic E-state index is 11.9. The third-order valence-electron chi connectivity index (χ3n) is 2.62. The minimum atomic E-state index is -3.41. The zero-order valence-corrected chi connectivity index (χ0v) is 9.92. The first-order valence-corrected chi connectivity index (χ1v) is 6.59. The highest BCUT2D eigenvalue weighted by Gasteiger charge is 2.24. The van der Waals surface area contributed by atoms with E-state index in [9.17, 15) is 8.42 Å². The standard InChI is InChI=1S/C10H15N3O2S/c1-11-16(14,15)13-7-6-12-8-9-4-2-3-5-10(9)13/h2-5,11-12H,6-8H2,1H3. The van der Waals surface area contributed by atoms with Crippen molar-refractivity contribution in [2.45, 2.75) is 6.54 Å². The molecule has 0 bridgehead atoms. The SMILES string of the molecule is CNS(=O)(=O)N1CCNCc2ccccc21. The lowest BCUT2D eigenvalue weighted by Crippen LogP contribution is -2.41. The van der Waals surface area contributed by atoms with Gasteiger partial charge in [0.25, 0.3) is 0 Å². The number of benzene rings is 1. The topological polar surface area (TPSA) is 61.4 Å². The summed E-state index contributed by atoms with van der Waals surface area (Å²) in [4.78, 5) is 0. The smallest absolute Gasteiger partial charge is 0.301 e. The van der Waals surface area contributed by atoms with Crippen LogP contribution in [0.1, 0.15) is 5.56 Å². The summed E-state index contributed by atoms with van der Waals surface area (Å²) in [6.45, 7) is 1.79. The monoisotopic (exact) mass is 241 g/mol. The van der Waals surface area contributed by atoms with E-state index in [1.807, 2.05) is 24.3 Å². The Labute approximate surface area is 95.6 Å². The number of nitrogens with zero attached hydrogens (tertiary/aromatic N) is 1. The quantitative estimate of drug-likeness (QED) is 0.769. The van der Waals surface area contributed by atoms with E-state index in [-0.39, 0.29) is 0 Å². The lowest BCUT2D eigenvalue weighted by Gasteiger charge is -2.23. The molecular formula is C10H15N3O2S.